The molecule has 0 amide bonds. The Hall–Kier alpha value is 0.730. The summed E-state index contributed by atoms with van der Waals surface area (Å²) in [4.78, 5) is 0. The van der Waals surface area contributed by atoms with E-state index in [1.165, 1.54) is 7.11 Å². The molecule has 1 saturated heterocycles. The predicted octanol–water partition coefficient (Wildman–Crippen LogP) is 4.81. The Labute approximate surface area is 116 Å². The van der Waals surface area contributed by atoms with Crippen LogP contribution < -0.4 is 0 Å². The average Bonchev–Trinajstić information content (AvgIpc) is 2.27. The van der Waals surface area contributed by atoms with Gasteiger partial charge in [0.25, 0.3) is 0 Å². The molecular formula is C10H25O6P3. The summed E-state index contributed by atoms with van der Waals surface area (Å²) in [6, 6.07) is 0. The molecule has 9 heteroatoms. The second-order valence-electron chi connectivity index (χ2n) is 4.57. The molecule has 2 unspecified atom stereocenters. The van der Waals surface area contributed by atoms with Crippen molar-refractivity contribution in [3.63, 3.8) is 0 Å². The molecule has 0 aliphatic carbocycles. The fourth-order valence-electron chi connectivity index (χ4n) is 1.96. The predicted molar refractivity (Wildman–Crippen MR) is 79.3 cm³/mol. The molecule has 0 aromatic heterocycles. The molecule has 116 valence electrons. The Balaban J connectivity index is 3.08. The van der Waals surface area contributed by atoms with Crippen molar-refractivity contribution in [3.05, 3.63) is 0 Å². The van der Waals surface area contributed by atoms with Crippen LogP contribution in [0.25, 0.3) is 0 Å². The molecule has 0 saturated carbocycles. The van der Waals surface area contributed by atoms with E-state index in [0.717, 1.165) is 6.42 Å². The Morgan fingerprint density at radius 2 is 1.42 bits per heavy atom. The van der Waals surface area contributed by atoms with E-state index in [9.17, 15) is 9.13 Å². The summed E-state index contributed by atoms with van der Waals surface area (Å²) in [5, 5.41) is 0. The monoisotopic (exact) mass is 334 g/mol. The maximum absolute atomic E-state index is 12.6. The number of rotatable bonds is 7. The molecule has 0 aromatic carbocycles. The normalized spacial score (nSPS) is 36.0. The molecule has 1 heterocycles. The molecule has 0 aromatic rings. The molecule has 0 N–H and O–H groups in total. The van der Waals surface area contributed by atoms with Crippen molar-refractivity contribution in [1.29, 1.82) is 0 Å². The summed E-state index contributed by atoms with van der Waals surface area (Å²) in [6.45, 7) is 5.70. The maximum atomic E-state index is 12.6. The number of hydrogen-bond donors (Lipinski definition) is 0. The summed E-state index contributed by atoms with van der Waals surface area (Å²) in [5.41, 5.74) is 0. The van der Waals surface area contributed by atoms with Gasteiger partial charge in [-0.3, -0.25) is 0 Å². The van der Waals surface area contributed by atoms with Crippen LogP contribution in [0, 0.1) is 0 Å². The van der Waals surface area contributed by atoms with Crippen molar-refractivity contribution in [2.24, 2.45) is 0 Å². The van der Waals surface area contributed by atoms with Crippen LogP contribution in [0.4, 0.5) is 0 Å². The zero-order chi connectivity index (χ0) is 14.6. The zero-order valence-electron chi connectivity index (χ0n) is 12.1. The first-order valence-electron chi connectivity index (χ1n) is 6.72. The topological polar surface area (TPSA) is 71.1 Å². The molecule has 1 fully saturated rings. The quantitative estimate of drug-likeness (QED) is 0.622. The third-order valence-corrected chi connectivity index (χ3v) is 12.8. The first-order valence-corrected chi connectivity index (χ1v) is 12.1. The van der Waals surface area contributed by atoms with Crippen molar-refractivity contribution in [2.45, 2.75) is 40.0 Å². The van der Waals surface area contributed by atoms with E-state index >= 15 is 0 Å². The molecule has 1 rings (SSSR count). The third-order valence-electron chi connectivity index (χ3n) is 2.67. The van der Waals surface area contributed by atoms with Crippen LogP contribution in [0.2, 0.25) is 0 Å². The first kappa shape index (κ1) is 17.8. The van der Waals surface area contributed by atoms with Gasteiger partial charge in [0.2, 0.25) is 0 Å². The van der Waals surface area contributed by atoms with Gasteiger partial charge in [-0.15, -0.1) is 0 Å². The molecule has 1 aliphatic rings. The van der Waals surface area contributed by atoms with E-state index in [1.54, 1.807) is 0 Å². The number of hydrogen-bond acceptors (Lipinski definition) is 6. The molecule has 6 nitrogen and oxygen atoms in total. The third kappa shape index (κ3) is 4.61. The Kier molecular flexibility index (Phi) is 6.68. The van der Waals surface area contributed by atoms with E-state index in [2.05, 4.69) is 0 Å². The zero-order valence-corrected chi connectivity index (χ0v) is 14.9. The molecule has 0 bridgehead atoms. The molecule has 1 aliphatic heterocycles. The van der Waals surface area contributed by atoms with Gasteiger partial charge >= 0.3 is 115 Å². The minimum absolute atomic E-state index is 0.242. The van der Waals surface area contributed by atoms with E-state index in [1.807, 2.05) is 20.8 Å². The van der Waals surface area contributed by atoms with Crippen molar-refractivity contribution < 1.29 is 26.6 Å². The fraction of sp³-hybridized carbons (Fsp3) is 1.00. The van der Waals surface area contributed by atoms with Gasteiger partial charge < -0.3 is 0 Å². The van der Waals surface area contributed by atoms with Gasteiger partial charge in [-0.2, -0.15) is 0 Å². The standard InChI is InChI=1S/C10H25O6P3/c1-5-8-17(11)14-18(12,9-6-2)16-19(13-4,15-17)10-7-3/h19H,5-10H2,1-4H3. The van der Waals surface area contributed by atoms with Crippen molar-refractivity contribution in [1.82, 2.24) is 0 Å². The molecular weight excluding hydrogens is 309 g/mol. The Bertz CT molecular complexity index is 357. The average molecular weight is 334 g/mol. The summed E-state index contributed by atoms with van der Waals surface area (Å²) in [6.07, 6.45) is 2.98. The van der Waals surface area contributed by atoms with Crippen molar-refractivity contribution in [2.75, 3.05) is 25.6 Å². The summed E-state index contributed by atoms with van der Waals surface area (Å²) >= 11 is 0. The van der Waals surface area contributed by atoms with Crippen molar-refractivity contribution >= 4 is 23.1 Å². The van der Waals surface area contributed by atoms with E-state index in [-0.39, 0.29) is 12.3 Å². The van der Waals surface area contributed by atoms with Gasteiger partial charge in [0.1, 0.15) is 0 Å². The molecule has 2 atom stereocenters. The van der Waals surface area contributed by atoms with E-state index in [0.29, 0.717) is 19.0 Å². The van der Waals surface area contributed by atoms with Crippen LogP contribution >= 0.6 is 23.1 Å². The van der Waals surface area contributed by atoms with Gasteiger partial charge in [0.05, 0.1) is 0 Å². The van der Waals surface area contributed by atoms with Crippen molar-refractivity contribution in [3.8, 4) is 0 Å². The summed E-state index contributed by atoms with van der Waals surface area (Å²) in [7, 11) is -8.46. The van der Waals surface area contributed by atoms with E-state index in [4.69, 9.17) is 17.5 Å². The van der Waals surface area contributed by atoms with Crippen LogP contribution in [0.5, 0.6) is 0 Å². The Morgan fingerprint density at radius 3 is 1.74 bits per heavy atom. The summed E-state index contributed by atoms with van der Waals surface area (Å²) < 4.78 is 47.1. The van der Waals surface area contributed by atoms with Gasteiger partial charge in [-0.1, -0.05) is 0 Å². The van der Waals surface area contributed by atoms with Gasteiger partial charge in [-0.25, -0.2) is 0 Å². The van der Waals surface area contributed by atoms with Gasteiger partial charge in [-0.05, 0) is 0 Å². The molecule has 0 spiro atoms. The summed E-state index contributed by atoms with van der Waals surface area (Å²) in [5.74, 6) is 0. The van der Waals surface area contributed by atoms with Crippen LogP contribution in [0.3, 0.4) is 0 Å². The fourth-order valence-corrected chi connectivity index (χ4v) is 12.8. The van der Waals surface area contributed by atoms with Crippen LogP contribution in [0.15, 0.2) is 0 Å². The first-order chi connectivity index (χ1) is 8.86. The van der Waals surface area contributed by atoms with E-state index < -0.39 is 23.1 Å². The second-order valence-corrected chi connectivity index (χ2v) is 12.3. The van der Waals surface area contributed by atoms with Gasteiger partial charge in [0, 0.05) is 0 Å². The van der Waals surface area contributed by atoms with Gasteiger partial charge in [0.15, 0.2) is 0 Å². The molecule has 0 radical (unpaired) electrons. The second kappa shape index (κ2) is 7.13. The molecule has 19 heavy (non-hydrogen) atoms. The van der Waals surface area contributed by atoms with Crippen LogP contribution in [0.1, 0.15) is 40.0 Å². The Morgan fingerprint density at radius 1 is 0.947 bits per heavy atom. The minimum atomic E-state index is -3.38. The van der Waals surface area contributed by atoms with Crippen LogP contribution in [-0.4, -0.2) is 25.6 Å². The van der Waals surface area contributed by atoms with Crippen LogP contribution in [-0.2, 0) is 26.6 Å². The SMILES string of the molecule is CCCP1(=O)OP(=O)(CCC)O[PH](CCC)(OC)O1.